The molecule has 0 aliphatic carbocycles. The van der Waals surface area contributed by atoms with Gasteiger partial charge in [0.15, 0.2) is 5.82 Å². The fraction of sp³-hybridized carbons (Fsp3) is 0.250. The van der Waals surface area contributed by atoms with E-state index in [1.54, 1.807) is 30.6 Å². The third kappa shape index (κ3) is 3.88. The van der Waals surface area contributed by atoms with Crippen LogP contribution < -0.4 is 4.74 Å². The van der Waals surface area contributed by atoms with Gasteiger partial charge in [0.25, 0.3) is 0 Å². The molecular weight excluding hydrogens is 374 g/mol. The number of fused-ring (bicyclic) bond motifs is 1. The molecule has 1 aromatic carbocycles. The minimum atomic E-state index is 0.734. The van der Waals surface area contributed by atoms with Gasteiger partial charge in [0, 0.05) is 5.75 Å². The first-order chi connectivity index (χ1) is 12.3. The molecule has 0 unspecified atom stereocenters. The maximum atomic E-state index is 5.17. The van der Waals surface area contributed by atoms with Crippen LogP contribution >= 0.6 is 34.9 Å². The number of ether oxygens (including phenoxy) is 1. The van der Waals surface area contributed by atoms with Crippen LogP contribution in [-0.2, 0) is 5.75 Å². The number of hydrogen-bond donors (Lipinski definition) is 0. The standard InChI is InChI=1S/C16H15N5OS3/c1-22-12-5-2-11(3-6-12)4-7-14-20-21-13(18-19-15(21)25-14)10-24-16-17-8-9-23-16/h2-7H,8-10H2,1H3/b7-4+. The molecule has 0 saturated heterocycles. The zero-order valence-electron chi connectivity index (χ0n) is 13.5. The fourth-order valence-corrected chi connectivity index (χ4v) is 4.92. The highest BCUT2D eigenvalue weighted by atomic mass is 32.2. The average Bonchev–Trinajstić information content (AvgIpc) is 3.36. The summed E-state index contributed by atoms with van der Waals surface area (Å²) in [4.78, 5) is 5.25. The highest BCUT2D eigenvalue weighted by Gasteiger charge is 2.13. The quantitative estimate of drug-likeness (QED) is 0.663. The Morgan fingerprint density at radius 3 is 2.88 bits per heavy atom. The lowest BCUT2D eigenvalue weighted by molar-refractivity contribution is 0.415. The molecule has 25 heavy (non-hydrogen) atoms. The third-order valence-electron chi connectivity index (χ3n) is 3.49. The van der Waals surface area contributed by atoms with E-state index in [0.717, 1.165) is 49.5 Å². The maximum Gasteiger partial charge on any atom is 0.234 e. The Bertz CT molecular complexity index is 929. The normalized spacial score (nSPS) is 14.5. The number of hydrogen-bond acceptors (Lipinski definition) is 8. The smallest absolute Gasteiger partial charge is 0.234 e. The van der Waals surface area contributed by atoms with Crippen LogP contribution in [0, 0.1) is 0 Å². The monoisotopic (exact) mass is 389 g/mol. The van der Waals surface area contributed by atoms with E-state index in [0.29, 0.717) is 0 Å². The molecule has 6 nitrogen and oxygen atoms in total. The van der Waals surface area contributed by atoms with Crippen molar-refractivity contribution in [2.24, 2.45) is 4.99 Å². The zero-order chi connectivity index (χ0) is 17.1. The molecule has 0 saturated carbocycles. The van der Waals surface area contributed by atoms with Gasteiger partial charge < -0.3 is 4.74 Å². The SMILES string of the molecule is COc1ccc(/C=C/c2nn3c(CSC4=NCCS4)nnc3s2)cc1. The first-order valence-electron chi connectivity index (χ1n) is 7.65. The van der Waals surface area contributed by atoms with Crippen molar-refractivity contribution in [3.63, 3.8) is 0 Å². The topological polar surface area (TPSA) is 64.7 Å². The Balaban J connectivity index is 1.47. The summed E-state index contributed by atoms with van der Waals surface area (Å²) in [5, 5.41) is 14.0. The van der Waals surface area contributed by atoms with Gasteiger partial charge in [-0.25, -0.2) is 0 Å². The lowest BCUT2D eigenvalue weighted by Crippen LogP contribution is -1.95. The van der Waals surface area contributed by atoms with Crippen LogP contribution in [0.1, 0.15) is 16.4 Å². The number of aliphatic imine (C=N–C) groups is 1. The molecule has 0 N–H and O–H groups in total. The van der Waals surface area contributed by atoms with Crippen LogP contribution in [0.15, 0.2) is 29.3 Å². The Morgan fingerprint density at radius 1 is 1.24 bits per heavy atom. The van der Waals surface area contributed by atoms with E-state index in [9.17, 15) is 0 Å². The van der Waals surface area contributed by atoms with Crippen LogP contribution in [0.5, 0.6) is 5.75 Å². The first kappa shape index (κ1) is 16.6. The second-order valence-corrected chi connectivity index (χ2v) is 8.44. The van der Waals surface area contributed by atoms with Gasteiger partial charge in [0.05, 0.1) is 19.4 Å². The average molecular weight is 390 g/mol. The largest absolute Gasteiger partial charge is 0.497 e. The van der Waals surface area contributed by atoms with Crippen molar-refractivity contribution in [2.45, 2.75) is 5.75 Å². The van der Waals surface area contributed by atoms with Crippen molar-refractivity contribution in [1.29, 1.82) is 0 Å². The van der Waals surface area contributed by atoms with Gasteiger partial charge in [-0.05, 0) is 23.8 Å². The Labute approximate surface area is 157 Å². The van der Waals surface area contributed by atoms with Crippen LogP contribution in [0.3, 0.4) is 0 Å². The second kappa shape index (κ2) is 7.59. The molecular formula is C16H15N5OS3. The second-order valence-electron chi connectivity index (χ2n) is 5.14. The summed E-state index contributed by atoms with van der Waals surface area (Å²) >= 11 is 5.03. The van der Waals surface area contributed by atoms with Crippen molar-refractivity contribution in [2.75, 3.05) is 19.4 Å². The van der Waals surface area contributed by atoms with Gasteiger partial charge in [-0.1, -0.05) is 53.1 Å². The molecule has 2 aromatic heterocycles. The van der Waals surface area contributed by atoms with Crippen molar-refractivity contribution in [1.82, 2.24) is 19.8 Å². The fourth-order valence-electron chi connectivity index (χ4n) is 2.24. The molecule has 0 amide bonds. The molecule has 0 atom stereocenters. The Hall–Kier alpha value is -1.84. The van der Waals surface area contributed by atoms with Gasteiger partial charge >= 0.3 is 0 Å². The minimum absolute atomic E-state index is 0.734. The summed E-state index contributed by atoms with van der Waals surface area (Å²) in [6.45, 7) is 0.916. The predicted octanol–water partition coefficient (Wildman–Crippen LogP) is 3.70. The number of aromatic nitrogens is 4. The van der Waals surface area contributed by atoms with Crippen LogP contribution in [0.4, 0.5) is 0 Å². The molecule has 128 valence electrons. The van der Waals surface area contributed by atoms with Crippen molar-refractivity contribution in [3.8, 4) is 5.75 Å². The van der Waals surface area contributed by atoms with Crippen LogP contribution in [0.25, 0.3) is 17.1 Å². The highest BCUT2D eigenvalue weighted by Crippen LogP contribution is 2.26. The molecule has 1 aliphatic heterocycles. The number of nitrogens with zero attached hydrogens (tertiary/aromatic N) is 5. The minimum Gasteiger partial charge on any atom is -0.497 e. The van der Waals surface area contributed by atoms with E-state index < -0.39 is 0 Å². The van der Waals surface area contributed by atoms with Crippen LogP contribution in [-0.4, -0.2) is 43.6 Å². The molecule has 1 aliphatic rings. The maximum absolute atomic E-state index is 5.17. The van der Waals surface area contributed by atoms with Crippen LogP contribution in [0.2, 0.25) is 0 Å². The third-order valence-corrected chi connectivity index (χ3v) is 6.60. The summed E-state index contributed by atoms with van der Waals surface area (Å²) in [5.41, 5.74) is 1.10. The van der Waals surface area contributed by atoms with Gasteiger partial charge in [-0.15, -0.1) is 10.2 Å². The van der Waals surface area contributed by atoms with Crippen molar-refractivity contribution < 1.29 is 4.74 Å². The van der Waals surface area contributed by atoms with E-state index in [2.05, 4.69) is 20.3 Å². The Morgan fingerprint density at radius 2 is 2.12 bits per heavy atom. The van der Waals surface area contributed by atoms with E-state index >= 15 is 0 Å². The summed E-state index contributed by atoms with van der Waals surface area (Å²) in [7, 11) is 1.66. The van der Waals surface area contributed by atoms with Gasteiger partial charge in [-0.2, -0.15) is 9.61 Å². The molecule has 3 aromatic rings. The number of methoxy groups -OCH3 is 1. The van der Waals surface area contributed by atoms with Crippen molar-refractivity contribution >= 4 is 56.3 Å². The summed E-state index contributed by atoms with van der Waals surface area (Å²) in [6.07, 6.45) is 4.03. The number of benzene rings is 1. The number of thioether (sulfide) groups is 2. The summed E-state index contributed by atoms with van der Waals surface area (Å²) in [5.74, 6) is 3.52. The lowest BCUT2D eigenvalue weighted by atomic mass is 10.2. The molecule has 0 radical (unpaired) electrons. The van der Waals surface area contributed by atoms with E-state index in [1.807, 2.05) is 40.9 Å². The Kier molecular flexibility index (Phi) is 5.04. The summed E-state index contributed by atoms with van der Waals surface area (Å²) < 4.78 is 8.13. The number of rotatable bonds is 5. The molecule has 0 fully saturated rings. The molecule has 0 spiro atoms. The van der Waals surface area contributed by atoms with Gasteiger partial charge in [0.1, 0.15) is 15.1 Å². The van der Waals surface area contributed by atoms with E-state index in [4.69, 9.17) is 4.74 Å². The van der Waals surface area contributed by atoms with Gasteiger partial charge in [-0.3, -0.25) is 4.99 Å². The molecule has 0 bridgehead atoms. The highest BCUT2D eigenvalue weighted by molar-refractivity contribution is 8.38. The molecule has 9 heteroatoms. The van der Waals surface area contributed by atoms with E-state index in [1.165, 1.54) is 11.3 Å². The van der Waals surface area contributed by atoms with Crippen molar-refractivity contribution in [3.05, 3.63) is 40.7 Å². The van der Waals surface area contributed by atoms with E-state index in [-0.39, 0.29) is 0 Å². The predicted molar refractivity (Wildman–Crippen MR) is 107 cm³/mol. The lowest BCUT2D eigenvalue weighted by Gasteiger charge is -1.98. The summed E-state index contributed by atoms with van der Waals surface area (Å²) in [6, 6.07) is 7.91. The molecule has 3 heterocycles. The zero-order valence-corrected chi connectivity index (χ0v) is 15.9. The molecule has 4 rings (SSSR count). The van der Waals surface area contributed by atoms with Gasteiger partial charge in [0.2, 0.25) is 4.96 Å². The first-order valence-corrected chi connectivity index (χ1v) is 10.4.